The SMILES string of the molecule is C=NC1(C)CCNC(C)(C)C1. The minimum absolute atomic E-state index is 0.106. The third kappa shape index (κ3) is 2.03. The fourth-order valence-corrected chi connectivity index (χ4v) is 1.91. The second kappa shape index (κ2) is 2.59. The van der Waals surface area contributed by atoms with Gasteiger partial charge >= 0.3 is 0 Å². The molecule has 1 aliphatic heterocycles. The van der Waals surface area contributed by atoms with E-state index < -0.39 is 0 Å². The van der Waals surface area contributed by atoms with Crippen molar-refractivity contribution < 1.29 is 0 Å². The van der Waals surface area contributed by atoms with Gasteiger partial charge in [0.15, 0.2) is 0 Å². The molecule has 0 aliphatic carbocycles. The van der Waals surface area contributed by atoms with E-state index in [1.807, 2.05) is 0 Å². The van der Waals surface area contributed by atoms with Gasteiger partial charge in [-0.25, -0.2) is 0 Å². The minimum Gasteiger partial charge on any atom is -0.312 e. The van der Waals surface area contributed by atoms with E-state index in [0.29, 0.717) is 0 Å². The molecule has 11 heavy (non-hydrogen) atoms. The molecule has 64 valence electrons. The highest BCUT2D eigenvalue weighted by Gasteiger charge is 2.34. The summed E-state index contributed by atoms with van der Waals surface area (Å²) in [6, 6.07) is 0. The van der Waals surface area contributed by atoms with Gasteiger partial charge in [0.05, 0.1) is 5.54 Å². The average molecular weight is 154 g/mol. The van der Waals surface area contributed by atoms with Gasteiger partial charge in [-0.05, 0) is 46.9 Å². The van der Waals surface area contributed by atoms with E-state index in [9.17, 15) is 0 Å². The molecule has 1 unspecified atom stereocenters. The van der Waals surface area contributed by atoms with E-state index in [1.165, 1.54) is 0 Å². The maximum atomic E-state index is 4.19. The van der Waals surface area contributed by atoms with Crippen molar-refractivity contribution in [2.24, 2.45) is 4.99 Å². The highest BCUT2D eigenvalue weighted by atomic mass is 15.0. The van der Waals surface area contributed by atoms with E-state index in [2.05, 4.69) is 37.8 Å². The Labute approximate surface area is 69.1 Å². The molecule has 2 nitrogen and oxygen atoms in total. The zero-order valence-corrected chi connectivity index (χ0v) is 7.78. The lowest BCUT2D eigenvalue weighted by Crippen LogP contribution is -2.51. The van der Waals surface area contributed by atoms with Crippen LogP contribution in [0.2, 0.25) is 0 Å². The maximum absolute atomic E-state index is 4.19. The van der Waals surface area contributed by atoms with Crippen LogP contribution >= 0.6 is 0 Å². The monoisotopic (exact) mass is 154 g/mol. The molecule has 0 radical (unpaired) electrons. The van der Waals surface area contributed by atoms with Crippen LogP contribution in [-0.2, 0) is 0 Å². The molecule has 1 N–H and O–H groups in total. The van der Waals surface area contributed by atoms with Crippen molar-refractivity contribution in [3.8, 4) is 0 Å². The Morgan fingerprint density at radius 3 is 2.36 bits per heavy atom. The van der Waals surface area contributed by atoms with E-state index in [-0.39, 0.29) is 11.1 Å². The number of nitrogens with one attached hydrogen (secondary N) is 1. The van der Waals surface area contributed by atoms with E-state index in [1.54, 1.807) is 0 Å². The van der Waals surface area contributed by atoms with Crippen LogP contribution < -0.4 is 5.32 Å². The van der Waals surface area contributed by atoms with Crippen LogP contribution in [0.15, 0.2) is 4.99 Å². The van der Waals surface area contributed by atoms with Crippen LogP contribution in [0.1, 0.15) is 33.6 Å². The fourth-order valence-electron chi connectivity index (χ4n) is 1.91. The zero-order chi connectivity index (χ0) is 8.54. The van der Waals surface area contributed by atoms with Crippen LogP contribution in [-0.4, -0.2) is 24.3 Å². The Balaban J connectivity index is 2.66. The van der Waals surface area contributed by atoms with Gasteiger partial charge in [-0.2, -0.15) is 0 Å². The molecule has 0 aromatic rings. The summed E-state index contributed by atoms with van der Waals surface area (Å²) in [6.45, 7) is 11.3. The Morgan fingerprint density at radius 2 is 2.00 bits per heavy atom. The highest BCUT2D eigenvalue weighted by molar-refractivity contribution is 5.26. The Hall–Kier alpha value is -0.370. The number of nitrogens with zero attached hydrogens (tertiary/aromatic N) is 1. The molecule has 1 fully saturated rings. The number of rotatable bonds is 1. The van der Waals surface area contributed by atoms with Crippen LogP contribution in [0.3, 0.4) is 0 Å². The van der Waals surface area contributed by atoms with Crippen molar-refractivity contribution in [1.82, 2.24) is 5.32 Å². The predicted molar refractivity (Wildman–Crippen MR) is 49.3 cm³/mol. The van der Waals surface area contributed by atoms with Crippen molar-refractivity contribution in [2.45, 2.75) is 44.7 Å². The number of piperidine rings is 1. The molecule has 0 amide bonds. The summed E-state index contributed by atoms with van der Waals surface area (Å²) in [7, 11) is 0. The molecule has 0 aromatic carbocycles. The Kier molecular flexibility index (Phi) is 2.06. The molecule has 1 rings (SSSR count). The van der Waals surface area contributed by atoms with Gasteiger partial charge in [0.1, 0.15) is 0 Å². The second-order valence-corrected chi connectivity index (χ2v) is 4.39. The second-order valence-electron chi connectivity index (χ2n) is 4.39. The molecule has 2 heteroatoms. The first-order valence-corrected chi connectivity index (χ1v) is 4.20. The van der Waals surface area contributed by atoms with Gasteiger partial charge in [-0.15, -0.1) is 0 Å². The van der Waals surface area contributed by atoms with Crippen LogP contribution in [0.5, 0.6) is 0 Å². The topological polar surface area (TPSA) is 24.4 Å². The molecule has 1 heterocycles. The normalized spacial score (nSPS) is 36.6. The summed E-state index contributed by atoms with van der Waals surface area (Å²) in [5, 5.41) is 3.46. The van der Waals surface area contributed by atoms with Gasteiger partial charge in [0, 0.05) is 5.54 Å². The summed E-state index contributed by atoms with van der Waals surface area (Å²) in [4.78, 5) is 4.19. The molecular formula is C9H18N2. The lowest BCUT2D eigenvalue weighted by molar-refractivity contribution is 0.213. The van der Waals surface area contributed by atoms with Crippen molar-refractivity contribution in [3.63, 3.8) is 0 Å². The highest BCUT2D eigenvalue weighted by Crippen LogP contribution is 2.30. The van der Waals surface area contributed by atoms with Crippen molar-refractivity contribution >= 4 is 6.72 Å². The summed E-state index contributed by atoms with van der Waals surface area (Å²) in [5.41, 5.74) is 0.336. The third-order valence-corrected chi connectivity index (χ3v) is 2.47. The summed E-state index contributed by atoms with van der Waals surface area (Å²) in [6.07, 6.45) is 2.20. The molecule has 1 atom stereocenters. The first-order valence-electron chi connectivity index (χ1n) is 4.20. The van der Waals surface area contributed by atoms with Gasteiger partial charge in [-0.1, -0.05) is 0 Å². The van der Waals surface area contributed by atoms with E-state index >= 15 is 0 Å². The van der Waals surface area contributed by atoms with E-state index in [0.717, 1.165) is 19.4 Å². The summed E-state index contributed by atoms with van der Waals surface area (Å²) >= 11 is 0. The summed E-state index contributed by atoms with van der Waals surface area (Å²) in [5.74, 6) is 0. The average Bonchev–Trinajstić information content (AvgIpc) is 1.85. The Bertz CT molecular complexity index is 163. The van der Waals surface area contributed by atoms with Gasteiger partial charge in [0.2, 0.25) is 0 Å². The standard InChI is InChI=1S/C9H18N2/c1-8(2)7-9(3,10-4)5-6-11-8/h11H,4-7H2,1-3H3. The minimum atomic E-state index is 0.106. The molecule has 0 bridgehead atoms. The van der Waals surface area contributed by atoms with Gasteiger partial charge in [-0.3, -0.25) is 4.99 Å². The number of aliphatic imine (C=N–C) groups is 1. The third-order valence-electron chi connectivity index (χ3n) is 2.47. The number of hydrogen-bond acceptors (Lipinski definition) is 2. The zero-order valence-electron chi connectivity index (χ0n) is 7.78. The van der Waals surface area contributed by atoms with Crippen molar-refractivity contribution in [1.29, 1.82) is 0 Å². The number of hydrogen-bond donors (Lipinski definition) is 1. The Morgan fingerprint density at radius 1 is 1.36 bits per heavy atom. The molecule has 1 aliphatic rings. The van der Waals surface area contributed by atoms with Crippen molar-refractivity contribution in [2.75, 3.05) is 6.54 Å². The lowest BCUT2D eigenvalue weighted by Gasteiger charge is -2.41. The van der Waals surface area contributed by atoms with Gasteiger partial charge in [0.25, 0.3) is 0 Å². The lowest BCUT2D eigenvalue weighted by atomic mass is 9.80. The molecule has 0 spiro atoms. The summed E-state index contributed by atoms with van der Waals surface area (Å²) < 4.78 is 0. The first-order chi connectivity index (χ1) is 4.97. The van der Waals surface area contributed by atoms with Crippen molar-refractivity contribution in [3.05, 3.63) is 0 Å². The molecular weight excluding hydrogens is 136 g/mol. The molecule has 0 saturated carbocycles. The van der Waals surface area contributed by atoms with Crippen LogP contribution in [0.4, 0.5) is 0 Å². The molecule has 1 saturated heterocycles. The predicted octanol–water partition coefficient (Wildman–Crippen LogP) is 1.61. The van der Waals surface area contributed by atoms with Crippen LogP contribution in [0, 0.1) is 0 Å². The molecule has 0 aromatic heterocycles. The smallest absolute Gasteiger partial charge is 0.0602 e. The van der Waals surface area contributed by atoms with E-state index in [4.69, 9.17) is 0 Å². The van der Waals surface area contributed by atoms with Crippen LogP contribution in [0.25, 0.3) is 0 Å². The fraction of sp³-hybridized carbons (Fsp3) is 0.889. The largest absolute Gasteiger partial charge is 0.312 e. The van der Waals surface area contributed by atoms with Gasteiger partial charge < -0.3 is 5.32 Å². The quantitative estimate of drug-likeness (QED) is 0.570. The first kappa shape index (κ1) is 8.72. The maximum Gasteiger partial charge on any atom is 0.0602 e.